The Morgan fingerprint density at radius 3 is 2.47 bits per heavy atom. The summed E-state index contributed by atoms with van der Waals surface area (Å²) in [6.45, 7) is 3.98. The maximum absolute atomic E-state index is 13.1. The standard InChI is InChI=1S/C28H28N2O6/c1-16-7-9-22-23(11-16)27(33)30(26(22)32)24-10-8-21(12-17(24)2)36-28(34)18-13-25(31)29(15-18)19-5-4-6-20(14-19)35-3/h4-8,10,12,14,18,22-23H,9,11,13,15H2,1-3H3/t18-,22-,23+/m1/s1. The molecule has 2 aliphatic heterocycles. The minimum Gasteiger partial charge on any atom is -0.497 e. The first-order valence-electron chi connectivity index (χ1n) is 12.1. The average Bonchev–Trinajstić information content (AvgIpc) is 3.37. The maximum Gasteiger partial charge on any atom is 0.316 e. The first kappa shape index (κ1) is 23.8. The molecule has 5 rings (SSSR count). The van der Waals surface area contributed by atoms with Gasteiger partial charge in [0.05, 0.1) is 30.6 Å². The summed E-state index contributed by atoms with van der Waals surface area (Å²) >= 11 is 0. The van der Waals surface area contributed by atoms with Gasteiger partial charge in [0.25, 0.3) is 0 Å². The molecule has 0 saturated carbocycles. The molecule has 2 aromatic rings. The fourth-order valence-electron chi connectivity index (χ4n) is 5.31. The summed E-state index contributed by atoms with van der Waals surface area (Å²) < 4.78 is 10.8. The number of benzene rings is 2. The van der Waals surface area contributed by atoms with Gasteiger partial charge in [0, 0.05) is 24.7 Å². The molecule has 0 N–H and O–H groups in total. The van der Waals surface area contributed by atoms with Crippen LogP contribution in [-0.2, 0) is 19.2 Å². The highest BCUT2D eigenvalue weighted by Crippen LogP contribution is 2.41. The van der Waals surface area contributed by atoms with E-state index in [4.69, 9.17) is 9.47 Å². The van der Waals surface area contributed by atoms with Crippen LogP contribution in [0.2, 0.25) is 0 Å². The van der Waals surface area contributed by atoms with E-state index in [9.17, 15) is 19.2 Å². The van der Waals surface area contributed by atoms with Crippen molar-refractivity contribution >= 4 is 35.1 Å². The minimum atomic E-state index is -0.607. The molecule has 1 aliphatic carbocycles. The number of carbonyl (C=O) groups is 4. The summed E-state index contributed by atoms with van der Waals surface area (Å²) in [6.07, 6.45) is 3.28. The largest absolute Gasteiger partial charge is 0.497 e. The van der Waals surface area contributed by atoms with Gasteiger partial charge in [-0.3, -0.25) is 19.2 Å². The number of carbonyl (C=O) groups excluding carboxylic acids is 4. The van der Waals surface area contributed by atoms with Crippen LogP contribution in [0.1, 0.15) is 31.7 Å². The van der Waals surface area contributed by atoms with E-state index < -0.39 is 11.9 Å². The number of amides is 3. The van der Waals surface area contributed by atoms with E-state index in [-0.39, 0.29) is 42.5 Å². The van der Waals surface area contributed by atoms with Crippen LogP contribution in [0.25, 0.3) is 0 Å². The Balaban J connectivity index is 1.28. The van der Waals surface area contributed by atoms with Crippen molar-refractivity contribution in [2.24, 2.45) is 17.8 Å². The molecule has 0 bridgehead atoms. The van der Waals surface area contributed by atoms with Gasteiger partial charge in [-0.05, 0) is 62.6 Å². The summed E-state index contributed by atoms with van der Waals surface area (Å²) in [5, 5.41) is 0. The number of hydrogen-bond donors (Lipinski definition) is 0. The van der Waals surface area contributed by atoms with Crippen LogP contribution >= 0.6 is 0 Å². The number of imide groups is 1. The molecular formula is C28H28N2O6. The van der Waals surface area contributed by atoms with Gasteiger partial charge in [-0.15, -0.1) is 0 Å². The predicted molar refractivity (Wildman–Crippen MR) is 133 cm³/mol. The summed E-state index contributed by atoms with van der Waals surface area (Å²) in [5.74, 6) is -1.31. The Morgan fingerprint density at radius 2 is 1.72 bits per heavy atom. The molecule has 0 unspecified atom stereocenters. The third-order valence-electron chi connectivity index (χ3n) is 7.27. The van der Waals surface area contributed by atoms with Gasteiger partial charge >= 0.3 is 5.97 Å². The number of rotatable bonds is 5. The molecule has 2 heterocycles. The lowest BCUT2D eigenvalue weighted by atomic mass is 9.82. The summed E-state index contributed by atoms with van der Waals surface area (Å²) in [4.78, 5) is 54.4. The molecular weight excluding hydrogens is 460 g/mol. The maximum atomic E-state index is 13.1. The number of aryl methyl sites for hydroxylation is 1. The summed E-state index contributed by atoms with van der Waals surface area (Å²) in [6, 6.07) is 12.0. The minimum absolute atomic E-state index is 0.0557. The van der Waals surface area contributed by atoms with Crippen molar-refractivity contribution in [2.45, 2.75) is 33.1 Å². The molecule has 2 aromatic carbocycles. The monoisotopic (exact) mass is 488 g/mol. The van der Waals surface area contributed by atoms with Crippen LogP contribution in [0.5, 0.6) is 11.5 Å². The van der Waals surface area contributed by atoms with Gasteiger partial charge in [0.2, 0.25) is 17.7 Å². The molecule has 2 saturated heterocycles. The van der Waals surface area contributed by atoms with Crippen LogP contribution < -0.4 is 19.3 Å². The van der Waals surface area contributed by atoms with Crippen LogP contribution in [0.4, 0.5) is 11.4 Å². The molecule has 8 nitrogen and oxygen atoms in total. The second-order valence-corrected chi connectivity index (χ2v) is 9.69. The molecule has 186 valence electrons. The third-order valence-corrected chi connectivity index (χ3v) is 7.27. The Bertz CT molecular complexity index is 1300. The summed E-state index contributed by atoms with van der Waals surface area (Å²) in [7, 11) is 1.55. The van der Waals surface area contributed by atoms with Crippen molar-refractivity contribution in [3.8, 4) is 11.5 Å². The van der Waals surface area contributed by atoms with Crippen molar-refractivity contribution < 1.29 is 28.7 Å². The number of fused-ring (bicyclic) bond motifs is 1. The first-order valence-corrected chi connectivity index (χ1v) is 12.1. The Morgan fingerprint density at radius 1 is 0.944 bits per heavy atom. The van der Waals surface area contributed by atoms with E-state index in [1.807, 2.05) is 13.0 Å². The topological polar surface area (TPSA) is 93.2 Å². The molecule has 3 amide bonds. The van der Waals surface area contributed by atoms with Gasteiger partial charge < -0.3 is 14.4 Å². The van der Waals surface area contributed by atoms with Crippen molar-refractivity contribution in [1.82, 2.24) is 0 Å². The van der Waals surface area contributed by atoms with E-state index in [0.717, 1.165) is 5.57 Å². The fraction of sp³-hybridized carbons (Fsp3) is 0.357. The third kappa shape index (κ3) is 4.17. The lowest BCUT2D eigenvalue weighted by Gasteiger charge is -2.19. The highest BCUT2D eigenvalue weighted by Gasteiger charge is 2.49. The number of ether oxygens (including phenoxy) is 2. The van der Waals surface area contributed by atoms with E-state index in [2.05, 4.69) is 0 Å². The zero-order chi connectivity index (χ0) is 25.6. The van der Waals surface area contributed by atoms with E-state index in [1.165, 1.54) is 4.90 Å². The van der Waals surface area contributed by atoms with Gasteiger partial charge in [0.15, 0.2) is 0 Å². The van der Waals surface area contributed by atoms with Crippen molar-refractivity contribution in [2.75, 3.05) is 23.5 Å². The molecule has 2 fully saturated rings. The number of esters is 1. The smallest absolute Gasteiger partial charge is 0.316 e. The first-order chi connectivity index (χ1) is 17.3. The lowest BCUT2D eigenvalue weighted by molar-refractivity contribution is -0.139. The molecule has 3 aliphatic rings. The van der Waals surface area contributed by atoms with Crippen molar-refractivity contribution in [3.05, 3.63) is 59.7 Å². The molecule has 3 atom stereocenters. The van der Waals surface area contributed by atoms with Crippen LogP contribution in [0, 0.1) is 24.7 Å². The molecule has 0 spiro atoms. The van der Waals surface area contributed by atoms with Crippen LogP contribution in [-0.4, -0.2) is 37.3 Å². The van der Waals surface area contributed by atoms with Gasteiger partial charge in [-0.25, -0.2) is 4.90 Å². The van der Waals surface area contributed by atoms with E-state index in [0.29, 0.717) is 41.3 Å². The normalized spacial score (nSPS) is 23.6. The highest BCUT2D eigenvalue weighted by atomic mass is 16.5. The molecule has 36 heavy (non-hydrogen) atoms. The molecule has 0 radical (unpaired) electrons. The number of hydrogen-bond acceptors (Lipinski definition) is 6. The average molecular weight is 489 g/mol. The van der Waals surface area contributed by atoms with Crippen LogP contribution in [0.3, 0.4) is 0 Å². The molecule has 0 aromatic heterocycles. The zero-order valence-corrected chi connectivity index (χ0v) is 20.5. The van der Waals surface area contributed by atoms with Crippen molar-refractivity contribution in [3.63, 3.8) is 0 Å². The number of nitrogens with zero attached hydrogens (tertiary/aromatic N) is 2. The second kappa shape index (κ2) is 9.26. The highest BCUT2D eigenvalue weighted by molar-refractivity contribution is 6.22. The number of methoxy groups -OCH3 is 1. The second-order valence-electron chi connectivity index (χ2n) is 9.69. The quantitative estimate of drug-likeness (QED) is 0.275. The number of allylic oxidation sites excluding steroid dienone is 2. The predicted octanol–water partition coefficient (Wildman–Crippen LogP) is 3.81. The Labute approximate surface area is 209 Å². The molecule has 8 heteroatoms. The van der Waals surface area contributed by atoms with Crippen LogP contribution in [0.15, 0.2) is 54.1 Å². The zero-order valence-electron chi connectivity index (χ0n) is 20.5. The Hall–Kier alpha value is -3.94. The van der Waals surface area contributed by atoms with Gasteiger partial charge in [0.1, 0.15) is 11.5 Å². The van der Waals surface area contributed by atoms with Gasteiger partial charge in [-0.1, -0.05) is 17.7 Å². The SMILES string of the molecule is COc1cccc(N2C[C@H](C(=O)Oc3ccc(N4C(=O)[C@H]5CC(C)=CC[C@H]5C4=O)c(C)c3)CC2=O)c1. The Kier molecular flexibility index (Phi) is 6.12. The van der Waals surface area contributed by atoms with E-state index >= 15 is 0 Å². The van der Waals surface area contributed by atoms with Gasteiger partial charge in [-0.2, -0.15) is 0 Å². The summed E-state index contributed by atoms with van der Waals surface area (Å²) in [5.41, 5.74) is 2.97. The lowest BCUT2D eigenvalue weighted by Crippen LogP contribution is -2.31. The number of anilines is 2. The van der Waals surface area contributed by atoms with E-state index in [1.54, 1.807) is 61.4 Å². The van der Waals surface area contributed by atoms with Crippen molar-refractivity contribution in [1.29, 1.82) is 0 Å². The fourth-order valence-corrected chi connectivity index (χ4v) is 5.31.